The number of rotatable bonds is 6. The fraction of sp³-hybridized carbons (Fsp3) is 0.200. The zero-order chi connectivity index (χ0) is 20.2. The van der Waals surface area contributed by atoms with Crippen molar-refractivity contribution in [1.29, 1.82) is 0 Å². The van der Waals surface area contributed by atoms with Crippen LogP contribution in [0.5, 0.6) is 0 Å². The van der Waals surface area contributed by atoms with Crippen LogP contribution in [0, 0.1) is 6.92 Å². The lowest BCUT2D eigenvalue weighted by Gasteiger charge is -2.17. The zero-order valence-corrected chi connectivity index (χ0v) is 16.8. The fourth-order valence-electron chi connectivity index (χ4n) is 3.61. The highest BCUT2D eigenvalue weighted by Crippen LogP contribution is 2.22. The summed E-state index contributed by atoms with van der Waals surface area (Å²) in [6.07, 6.45) is 0.364. The third kappa shape index (κ3) is 4.37. The van der Waals surface area contributed by atoms with Gasteiger partial charge in [-0.1, -0.05) is 72.3 Å². The molecule has 0 bridgehead atoms. The second kappa shape index (κ2) is 8.31. The van der Waals surface area contributed by atoms with Gasteiger partial charge < -0.3 is 9.88 Å². The first-order chi connectivity index (χ1) is 14.1. The molecule has 0 saturated carbocycles. The molecule has 1 unspecified atom stereocenters. The van der Waals surface area contributed by atoms with Gasteiger partial charge in [0.2, 0.25) is 5.91 Å². The van der Waals surface area contributed by atoms with Gasteiger partial charge in [0.15, 0.2) is 0 Å². The molecule has 1 N–H and O–H groups in total. The Morgan fingerprint density at radius 1 is 0.931 bits per heavy atom. The minimum absolute atomic E-state index is 0.00218. The van der Waals surface area contributed by atoms with Gasteiger partial charge in [0.05, 0.1) is 23.5 Å². The third-order valence-corrected chi connectivity index (χ3v) is 5.12. The van der Waals surface area contributed by atoms with E-state index in [0.29, 0.717) is 6.42 Å². The van der Waals surface area contributed by atoms with Crippen LogP contribution >= 0.6 is 0 Å². The largest absolute Gasteiger partial charge is 0.346 e. The Labute approximate surface area is 171 Å². The maximum atomic E-state index is 12.6. The molecule has 146 valence electrons. The minimum Gasteiger partial charge on any atom is -0.346 e. The number of benzene rings is 3. The van der Waals surface area contributed by atoms with Crippen LogP contribution in [0.4, 0.5) is 0 Å². The Hall–Kier alpha value is -3.40. The number of amides is 1. The first-order valence-electron chi connectivity index (χ1n) is 9.94. The SMILES string of the molecule is Cc1ccc(Cn2c(C(C)NC(=O)Cc3ccccc3)nc3ccccc32)cc1. The van der Waals surface area contributed by atoms with Crippen LogP contribution in [0.1, 0.15) is 35.5 Å². The van der Waals surface area contributed by atoms with Crippen LogP contribution in [0.3, 0.4) is 0 Å². The van der Waals surface area contributed by atoms with E-state index in [0.717, 1.165) is 29.0 Å². The molecule has 0 saturated heterocycles. The van der Waals surface area contributed by atoms with Crippen molar-refractivity contribution in [2.45, 2.75) is 32.9 Å². The maximum absolute atomic E-state index is 12.6. The summed E-state index contributed by atoms with van der Waals surface area (Å²) in [6, 6.07) is 26.3. The summed E-state index contributed by atoms with van der Waals surface area (Å²) in [7, 11) is 0. The molecular formula is C25H25N3O. The molecule has 4 aromatic rings. The van der Waals surface area contributed by atoms with Gasteiger partial charge in [-0.3, -0.25) is 4.79 Å². The van der Waals surface area contributed by atoms with Crippen molar-refractivity contribution in [2.75, 3.05) is 0 Å². The molecule has 1 aromatic heterocycles. The highest BCUT2D eigenvalue weighted by molar-refractivity contribution is 5.79. The number of carbonyl (C=O) groups excluding carboxylic acids is 1. The van der Waals surface area contributed by atoms with E-state index < -0.39 is 0 Å². The number of imidazole rings is 1. The van der Waals surface area contributed by atoms with E-state index in [1.807, 2.05) is 55.5 Å². The highest BCUT2D eigenvalue weighted by atomic mass is 16.1. The lowest BCUT2D eigenvalue weighted by Crippen LogP contribution is -2.30. The van der Waals surface area contributed by atoms with Gasteiger partial charge in [-0.25, -0.2) is 4.98 Å². The summed E-state index contributed by atoms with van der Waals surface area (Å²) in [5, 5.41) is 3.12. The van der Waals surface area contributed by atoms with E-state index >= 15 is 0 Å². The number of aromatic nitrogens is 2. The number of nitrogens with one attached hydrogen (secondary N) is 1. The highest BCUT2D eigenvalue weighted by Gasteiger charge is 2.18. The molecule has 0 fully saturated rings. The summed E-state index contributed by atoms with van der Waals surface area (Å²) >= 11 is 0. The van der Waals surface area contributed by atoms with Crippen molar-refractivity contribution < 1.29 is 4.79 Å². The molecule has 4 nitrogen and oxygen atoms in total. The molecular weight excluding hydrogens is 358 g/mol. The number of aryl methyl sites for hydroxylation is 1. The number of carbonyl (C=O) groups is 1. The van der Waals surface area contributed by atoms with Gasteiger partial charge in [0.25, 0.3) is 0 Å². The normalized spacial score (nSPS) is 12.1. The second-order valence-corrected chi connectivity index (χ2v) is 7.48. The fourth-order valence-corrected chi connectivity index (χ4v) is 3.61. The van der Waals surface area contributed by atoms with E-state index in [-0.39, 0.29) is 11.9 Å². The number of para-hydroxylation sites is 2. The molecule has 1 amide bonds. The molecule has 1 heterocycles. The first kappa shape index (κ1) is 18.9. The third-order valence-electron chi connectivity index (χ3n) is 5.12. The monoisotopic (exact) mass is 383 g/mol. The van der Waals surface area contributed by atoms with Crippen LogP contribution in [0.15, 0.2) is 78.9 Å². The Kier molecular flexibility index (Phi) is 5.43. The van der Waals surface area contributed by atoms with Crippen molar-refractivity contribution in [3.8, 4) is 0 Å². The van der Waals surface area contributed by atoms with Crippen molar-refractivity contribution in [1.82, 2.24) is 14.9 Å². The number of hydrogen-bond donors (Lipinski definition) is 1. The number of hydrogen-bond acceptors (Lipinski definition) is 2. The van der Waals surface area contributed by atoms with E-state index in [1.54, 1.807) is 0 Å². The molecule has 4 rings (SSSR count). The lowest BCUT2D eigenvalue weighted by molar-refractivity contribution is -0.121. The van der Waals surface area contributed by atoms with Gasteiger partial charge >= 0.3 is 0 Å². The smallest absolute Gasteiger partial charge is 0.224 e. The van der Waals surface area contributed by atoms with Gasteiger partial charge in [0.1, 0.15) is 5.82 Å². The number of nitrogens with zero attached hydrogens (tertiary/aromatic N) is 2. The predicted octanol–water partition coefficient (Wildman–Crippen LogP) is 4.81. The number of fused-ring (bicyclic) bond motifs is 1. The maximum Gasteiger partial charge on any atom is 0.224 e. The van der Waals surface area contributed by atoms with Crippen LogP contribution in [-0.4, -0.2) is 15.5 Å². The van der Waals surface area contributed by atoms with E-state index in [4.69, 9.17) is 4.98 Å². The quantitative estimate of drug-likeness (QED) is 0.519. The van der Waals surface area contributed by atoms with E-state index in [2.05, 4.69) is 47.1 Å². The molecule has 0 spiro atoms. The second-order valence-electron chi connectivity index (χ2n) is 7.48. The Morgan fingerprint density at radius 2 is 1.62 bits per heavy atom. The van der Waals surface area contributed by atoms with Crippen LogP contribution < -0.4 is 5.32 Å². The van der Waals surface area contributed by atoms with Gasteiger partial charge in [-0.05, 0) is 37.1 Å². The van der Waals surface area contributed by atoms with Crippen molar-refractivity contribution >= 4 is 16.9 Å². The summed E-state index contributed by atoms with van der Waals surface area (Å²) in [6.45, 7) is 4.80. The minimum atomic E-state index is -0.191. The van der Waals surface area contributed by atoms with E-state index in [9.17, 15) is 4.79 Å². The molecule has 0 aliphatic heterocycles. The average Bonchev–Trinajstić information content (AvgIpc) is 3.09. The average molecular weight is 383 g/mol. The van der Waals surface area contributed by atoms with Gasteiger partial charge in [-0.15, -0.1) is 0 Å². The Balaban J connectivity index is 1.60. The molecule has 4 heteroatoms. The Bertz CT molecular complexity index is 1110. The molecule has 0 aliphatic carbocycles. The summed E-state index contributed by atoms with van der Waals surface area (Å²) in [5.74, 6) is 0.867. The molecule has 1 atom stereocenters. The molecule has 3 aromatic carbocycles. The van der Waals surface area contributed by atoms with Gasteiger partial charge in [0, 0.05) is 6.54 Å². The summed E-state index contributed by atoms with van der Waals surface area (Å²) in [4.78, 5) is 17.4. The van der Waals surface area contributed by atoms with Crippen molar-refractivity contribution in [2.24, 2.45) is 0 Å². The standard InChI is InChI=1S/C25H25N3O/c1-18-12-14-21(15-13-18)17-28-23-11-7-6-10-22(23)27-25(28)19(2)26-24(29)16-20-8-4-3-5-9-20/h3-15,19H,16-17H2,1-2H3,(H,26,29). The summed E-state index contributed by atoms with van der Waals surface area (Å²) in [5.41, 5.74) is 5.48. The first-order valence-corrected chi connectivity index (χ1v) is 9.94. The van der Waals surface area contributed by atoms with Crippen LogP contribution in [0.25, 0.3) is 11.0 Å². The van der Waals surface area contributed by atoms with Crippen LogP contribution in [0.2, 0.25) is 0 Å². The lowest BCUT2D eigenvalue weighted by atomic mass is 10.1. The molecule has 0 aliphatic rings. The Morgan fingerprint density at radius 3 is 2.38 bits per heavy atom. The van der Waals surface area contributed by atoms with Gasteiger partial charge in [-0.2, -0.15) is 0 Å². The van der Waals surface area contributed by atoms with Crippen molar-refractivity contribution in [3.63, 3.8) is 0 Å². The molecule has 29 heavy (non-hydrogen) atoms. The zero-order valence-electron chi connectivity index (χ0n) is 16.8. The van der Waals surface area contributed by atoms with E-state index in [1.165, 1.54) is 11.1 Å². The van der Waals surface area contributed by atoms with Crippen molar-refractivity contribution in [3.05, 3.63) is 101 Å². The molecule has 0 radical (unpaired) electrons. The van der Waals surface area contributed by atoms with Crippen LogP contribution in [-0.2, 0) is 17.8 Å². The summed E-state index contributed by atoms with van der Waals surface area (Å²) < 4.78 is 2.20. The predicted molar refractivity (Wildman–Crippen MR) is 117 cm³/mol. The topological polar surface area (TPSA) is 46.9 Å².